The molecule has 0 aliphatic carbocycles. The van der Waals surface area contributed by atoms with Gasteiger partial charge in [-0.25, -0.2) is 9.07 Å². The summed E-state index contributed by atoms with van der Waals surface area (Å²) in [6.07, 6.45) is 3.16. The number of aryl methyl sites for hydroxylation is 1. The van der Waals surface area contributed by atoms with Crippen LogP contribution in [0, 0.1) is 12.7 Å². The van der Waals surface area contributed by atoms with Gasteiger partial charge < -0.3 is 4.74 Å². The molecule has 1 aromatic carbocycles. The topological polar surface area (TPSA) is 49.0 Å². The van der Waals surface area contributed by atoms with Crippen molar-refractivity contribution >= 4 is 22.6 Å². The fraction of sp³-hybridized carbons (Fsp3) is 0.294. The van der Waals surface area contributed by atoms with Crippen LogP contribution in [0.3, 0.4) is 0 Å². The van der Waals surface area contributed by atoms with E-state index in [-0.39, 0.29) is 11.4 Å². The monoisotopic (exact) mass is 347 g/mol. The van der Waals surface area contributed by atoms with Gasteiger partial charge in [0, 0.05) is 18.2 Å². The first-order valence-corrected chi connectivity index (χ1v) is 8.15. The van der Waals surface area contributed by atoms with Gasteiger partial charge in [0.2, 0.25) is 0 Å². The van der Waals surface area contributed by atoms with Gasteiger partial charge in [-0.2, -0.15) is 5.10 Å². The zero-order valence-electron chi connectivity index (χ0n) is 13.1. The number of benzene rings is 1. The summed E-state index contributed by atoms with van der Waals surface area (Å²) in [4.78, 5) is 12.7. The summed E-state index contributed by atoms with van der Waals surface area (Å²) in [7, 11) is 0. The Balaban J connectivity index is 2.13. The van der Waals surface area contributed by atoms with E-state index in [2.05, 4.69) is 5.10 Å². The number of nitrogens with zero attached hydrogens (tertiary/aromatic N) is 3. The first kappa shape index (κ1) is 15.2. The molecule has 0 fully saturated rings. The van der Waals surface area contributed by atoms with E-state index >= 15 is 0 Å². The zero-order valence-corrected chi connectivity index (χ0v) is 13.8. The molecular formula is C17H15ClFN3O2. The minimum absolute atomic E-state index is 0.126. The van der Waals surface area contributed by atoms with E-state index in [1.165, 1.54) is 12.1 Å². The second kappa shape index (κ2) is 5.63. The fourth-order valence-electron chi connectivity index (χ4n) is 3.07. The molecule has 0 saturated carbocycles. The molecule has 3 heterocycles. The Labute approximate surface area is 142 Å². The van der Waals surface area contributed by atoms with Gasteiger partial charge >= 0.3 is 0 Å². The number of fused-ring (bicyclic) bond motifs is 2. The van der Waals surface area contributed by atoms with Gasteiger partial charge in [0.25, 0.3) is 5.56 Å². The number of rotatable bonds is 0. The molecule has 7 heteroatoms. The lowest BCUT2D eigenvalue weighted by atomic mass is 10.2. The van der Waals surface area contributed by atoms with E-state index in [0.717, 1.165) is 12.8 Å². The van der Waals surface area contributed by atoms with Crippen LogP contribution in [-0.2, 0) is 6.54 Å². The molecule has 0 spiro atoms. The van der Waals surface area contributed by atoms with Crippen molar-refractivity contribution in [1.82, 2.24) is 14.3 Å². The molecule has 3 aromatic rings. The summed E-state index contributed by atoms with van der Waals surface area (Å²) in [5, 5.41) is 5.48. The summed E-state index contributed by atoms with van der Waals surface area (Å²) in [5.41, 5.74) is 1.58. The third kappa shape index (κ3) is 2.21. The molecule has 0 bridgehead atoms. The molecule has 0 amide bonds. The van der Waals surface area contributed by atoms with Crippen molar-refractivity contribution in [2.24, 2.45) is 0 Å². The Bertz CT molecular complexity index is 1010. The Morgan fingerprint density at radius 2 is 2.17 bits per heavy atom. The maximum atomic E-state index is 13.6. The third-order valence-electron chi connectivity index (χ3n) is 4.31. The average molecular weight is 348 g/mol. The average Bonchev–Trinajstić information content (AvgIpc) is 3.00. The van der Waals surface area contributed by atoms with Gasteiger partial charge in [-0.15, -0.1) is 0 Å². The van der Waals surface area contributed by atoms with Gasteiger partial charge in [0.15, 0.2) is 0 Å². The molecule has 4 rings (SSSR count). The van der Waals surface area contributed by atoms with Crippen LogP contribution in [-0.4, -0.2) is 21.0 Å². The zero-order chi connectivity index (χ0) is 16.8. The van der Waals surface area contributed by atoms with E-state index in [4.69, 9.17) is 16.3 Å². The number of aromatic nitrogens is 3. The van der Waals surface area contributed by atoms with E-state index in [1.54, 1.807) is 28.4 Å². The number of hydrogen-bond acceptors (Lipinski definition) is 3. The lowest BCUT2D eigenvalue weighted by molar-refractivity contribution is 0.298. The Morgan fingerprint density at radius 1 is 1.33 bits per heavy atom. The standard InChI is InChI=1S/C17H15ClFN3O2/c1-10-15(18)12-9-20-22-13-5-4-11(19)8-14(13)24-7-3-2-6-21(16(12)22)17(10)23/h4-5,8-9H,2-3,6-7H2,1H3. The van der Waals surface area contributed by atoms with Crippen molar-refractivity contribution in [1.29, 1.82) is 0 Å². The van der Waals surface area contributed by atoms with Gasteiger partial charge in [0.1, 0.15) is 22.9 Å². The van der Waals surface area contributed by atoms with Crippen molar-refractivity contribution in [2.75, 3.05) is 6.61 Å². The van der Waals surface area contributed by atoms with Crippen molar-refractivity contribution in [3.8, 4) is 11.4 Å². The molecule has 1 aliphatic heterocycles. The number of pyridine rings is 1. The quantitative estimate of drug-likeness (QED) is 0.625. The first-order chi connectivity index (χ1) is 11.6. The summed E-state index contributed by atoms with van der Waals surface area (Å²) in [6.45, 7) is 2.73. The second-order valence-electron chi connectivity index (χ2n) is 5.86. The summed E-state index contributed by atoms with van der Waals surface area (Å²) in [6, 6.07) is 4.28. The van der Waals surface area contributed by atoms with Crippen LogP contribution in [0.5, 0.6) is 5.75 Å². The van der Waals surface area contributed by atoms with Gasteiger partial charge in [-0.1, -0.05) is 11.6 Å². The van der Waals surface area contributed by atoms with Crippen LogP contribution in [0.25, 0.3) is 16.7 Å². The van der Waals surface area contributed by atoms with Crippen LogP contribution in [0.2, 0.25) is 5.02 Å². The minimum atomic E-state index is -0.381. The fourth-order valence-corrected chi connectivity index (χ4v) is 3.28. The lowest BCUT2D eigenvalue weighted by Crippen LogP contribution is -2.25. The first-order valence-electron chi connectivity index (χ1n) is 7.77. The Hall–Kier alpha value is -2.34. The highest BCUT2D eigenvalue weighted by Crippen LogP contribution is 2.31. The molecule has 5 nitrogen and oxygen atoms in total. The molecule has 2 aromatic heterocycles. The molecule has 0 atom stereocenters. The van der Waals surface area contributed by atoms with Crippen LogP contribution in [0.4, 0.5) is 4.39 Å². The second-order valence-corrected chi connectivity index (χ2v) is 6.24. The van der Waals surface area contributed by atoms with E-state index < -0.39 is 0 Å². The van der Waals surface area contributed by atoms with Gasteiger partial charge in [-0.3, -0.25) is 9.36 Å². The van der Waals surface area contributed by atoms with Crippen molar-refractivity contribution in [2.45, 2.75) is 26.3 Å². The van der Waals surface area contributed by atoms with E-state index in [9.17, 15) is 9.18 Å². The van der Waals surface area contributed by atoms with Crippen LogP contribution >= 0.6 is 11.6 Å². The van der Waals surface area contributed by atoms with Gasteiger partial charge in [0.05, 0.1) is 23.2 Å². The number of hydrogen-bond donors (Lipinski definition) is 0. The van der Waals surface area contributed by atoms with Crippen molar-refractivity contribution < 1.29 is 9.13 Å². The van der Waals surface area contributed by atoms with Gasteiger partial charge in [-0.05, 0) is 31.9 Å². The summed E-state index contributed by atoms with van der Waals surface area (Å²) >= 11 is 6.36. The molecule has 0 saturated heterocycles. The van der Waals surface area contributed by atoms with E-state index in [1.807, 2.05) is 0 Å². The van der Waals surface area contributed by atoms with Crippen LogP contribution < -0.4 is 10.3 Å². The summed E-state index contributed by atoms with van der Waals surface area (Å²) < 4.78 is 22.6. The number of halogens is 2. The molecule has 0 radical (unpaired) electrons. The SMILES string of the molecule is Cc1c(Cl)c2cnn3c2n(c1=O)CCCCOc1cc(F)ccc1-3. The third-order valence-corrected chi connectivity index (χ3v) is 4.80. The normalized spacial score (nSPS) is 14.3. The predicted molar refractivity (Wildman–Crippen MR) is 89.8 cm³/mol. The highest BCUT2D eigenvalue weighted by Gasteiger charge is 2.20. The maximum absolute atomic E-state index is 13.6. The highest BCUT2D eigenvalue weighted by molar-refractivity contribution is 6.35. The predicted octanol–water partition coefficient (Wildman–Crippen LogP) is 3.46. The maximum Gasteiger partial charge on any atom is 0.256 e. The molecule has 1 aliphatic rings. The minimum Gasteiger partial charge on any atom is -0.491 e. The molecular weight excluding hydrogens is 333 g/mol. The summed E-state index contributed by atoms with van der Waals surface area (Å²) in [5.74, 6) is 0.0196. The molecule has 124 valence electrons. The van der Waals surface area contributed by atoms with Crippen molar-refractivity contribution in [3.05, 3.63) is 51.2 Å². The lowest BCUT2D eigenvalue weighted by Gasteiger charge is -2.18. The van der Waals surface area contributed by atoms with Crippen LogP contribution in [0.1, 0.15) is 18.4 Å². The van der Waals surface area contributed by atoms with Crippen LogP contribution in [0.15, 0.2) is 29.2 Å². The van der Waals surface area contributed by atoms with E-state index in [0.29, 0.717) is 46.2 Å². The highest BCUT2D eigenvalue weighted by atomic mass is 35.5. The number of ether oxygens (including phenoxy) is 1. The molecule has 24 heavy (non-hydrogen) atoms. The largest absolute Gasteiger partial charge is 0.491 e. The molecule has 0 unspecified atom stereocenters. The Morgan fingerprint density at radius 3 is 3.00 bits per heavy atom. The van der Waals surface area contributed by atoms with Crippen molar-refractivity contribution in [3.63, 3.8) is 0 Å². The smallest absolute Gasteiger partial charge is 0.256 e. The Kier molecular flexibility index (Phi) is 3.57. The molecule has 0 N–H and O–H groups in total.